The van der Waals surface area contributed by atoms with E-state index in [-0.39, 0.29) is 0 Å². The minimum atomic E-state index is 0.817. The van der Waals surface area contributed by atoms with Crippen molar-refractivity contribution in [2.75, 3.05) is 39.0 Å². The van der Waals surface area contributed by atoms with Crippen LogP contribution in [0.5, 0.6) is 0 Å². The van der Waals surface area contributed by atoms with Crippen LogP contribution >= 0.6 is 11.8 Å². The van der Waals surface area contributed by atoms with E-state index in [1.165, 1.54) is 39.0 Å². The fraction of sp³-hybridized carbons (Fsp3) is 1.00. The molecule has 0 aromatic carbocycles. The molecule has 2 nitrogen and oxygen atoms in total. The summed E-state index contributed by atoms with van der Waals surface area (Å²) in [7, 11) is 0. The van der Waals surface area contributed by atoms with Gasteiger partial charge in [0, 0.05) is 11.8 Å². The van der Waals surface area contributed by atoms with Gasteiger partial charge in [-0.05, 0) is 51.2 Å². The Morgan fingerprint density at radius 2 is 2.33 bits per heavy atom. The van der Waals surface area contributed by atoms with Gasteiger partial charge in [0.1, 0.15) is 0 Å². The number of hydrogen-bond donors (Lipinski definition) is 1. The van der Waals surface area contributed by atoms with Crippen molar-refractivity contribution in [2.45, 2.75) is 31.9 Å². The number of likely N-dealkylation sites (tertiary alicyclic amines) is 1. The minimum Gasteiger partial charge on any atom is -0.317 e. The molecule has 1 rings (SSSR count). The zero-order chi connectivity index (χ0) is 11.1. The van der Waals surface area contributed by atoms with Crippen molar-refractivity contribution in [3.8, 4) is 0 Å². The Morgan fingerprint density at radius 3 is 3.00 bits per heavy atom. The Morgan fingerprint density at radius 1 is 1.53 bits per heavy atom. The van der Waals surface area contributed by atoms with Gasteiger partial charge in [0.15, 0.2) is 0 Å². The Bertz CT molecular complexity index is 164. The maximum absolute atomic E-state index is 3.46. The molecule has 2 atom stereocenters. The topological polar surface area (TPSA) is 15.3 Å². The molecule has 15 heavy (non-hydrogen) atoms. The predicted molar refractivity (Wildman–Crippen MR) is 70.7 cm³/mol. The van der Waals surface area contributed by atoms with Crippen LogP contribution in [0.2, 0.25) is 0 Å². The van der Waals surface area contributed by atoms with Gasteiger partial charge >= 0.3 is 0 Å². The van der Waals surface area contributed by atoms with Crippen molar-refractivity contribution in [2.24, 2.45) is 5.92 Å². The Kier molecular flexibility index (Phi) is 6.69. The summed E-state index contributed by atoms with van der Waals surface area (Å²) in [6, 6.07) is 0. The van der Waals surface area contributed by atoms with Crippen molar-refractivity contribution in [3.63, 3.8) is 0 Å². The van der Waals surface area contributed by atoms with Crippen LogP contribution in [0.1, 0.15) is 26.7 Å². The van der Waals surface area contributed by atoms with Crippen LogP contribution in [0.4, 0.5) is 0 Å². The highest BCUT2D eigenvalue weighted by Crippen LogP contribution is 2.17. The molecule has 0 aromatic rings. The largest absolute Gasteiger partial charge is 0.317 e. The first-order valence-corrected chi connectivity index (χ1v) is 7.51. The van der Waals surface area contributed by atoms with Gasteiger partial charge in [0.05, 0.1) is 0 Å². The molecular formula is C12H26N2S. The van der Waals surface area contributed by atoms with Gasteiger partial charge in [0.25, 0.3) is 0 Å². The van der Waals surface area contributed by atoms with E-state index >= 15 is 0 Å². The number of rotatable bonds is 7. The quantitative estimate of drug-likeness (QED) is 0.721. The van der Waals surface area contributed by atoms with Crippen molar-refractivity contribution in [3.05, 3.63) is 0 Å². The molecular weight excluding hydrogens is 204 g/mol. The van der Waals surface area contributed by atoms with E-state index in [4.69, 9.17) is 0 Å². The predicted octanol–water partition coefficient (Wildman–Crippen LogP) is 2.06. The van der Waals surface area contributed by atoms with Gasteiger partial charge in [-0.25, -0.2) is 0 Å². The van der Waals surface area contributed by atoms with Crippen LogP contribution < -0.4 is 5.32 Å². The highest BCUT2D eigenvalue weighted by molar-refractivity contribution is 7.99. The van der Waals surface area contributed by atoms with Crippen molar-refractivity contribution < 1.29 is 0 Å². The molecule has 0 amide bonds. The molecule has 1 fully saturated rings. The van der Waals surface area contributed by atoms with E-state index in [1.54, 1.807) is 0 Å². The lowest BCUT2D eigenvalue weighted by atomic mass is 10.1. The van der Waals surface area contributed by atoms with Gasteiger partial charge in [-0.2, -0.15) is 11.8 Å². The lowest BCUT2D eigenvalue weighted by molar-refractivity contribution is 0.318. The number of nitrogens with zero attached hydrogens (tertiary/aromatic N) is 1. The average molecular weight is 230 g/mol. The summed E-state index contributed by atoms with van der Waals surface area (Å²) in [5.41, 5.74) is 0. The second-order valence-corrected chi connectivity index (χ2v) is 5.87. The third-order valence-electron chi connectivity index (χ3n) is 3.31. The van der Waals surface area contributed by atoms with E-state index in [9.17, 15) is 0 Å². The molecule has 0 aliphatic carbocycles. The highest BCUT2D eigenvalue weighted by atomic mass is 32.2. The van der Waals surface area contributed by atoms with Crippen LogP contribution in [0.15, 0.2) is 0 Å². The molecule has 0 aromatic heterocycles. The average Bonchev–Trinajstić information content (AvgIpc) is 2.71. The van der Waals surface area contributed by atoms with Crippen LogP contribution in [0.25, 0.3) is 0 Å². The third-order valence-corrected chi connectivity index (χ3v) is 4.35. The van der Waals surface area contributed by atoms with Crippen LogP contribution in [0, 0.1) is 5.92 Å². The first-order valence-electron chi connectivity index (χ1n) is 6.22. The maximum atomic E-state index is 3.46. The van der Waals surface area contributed by atoms with Crippen LogP contribution in [-0.2, 0) is 0 Å². The van der Waals surface area contributed by atoms with Crippen molar-refractivity contribution in [1.82, 2.24) is 10.2 Å². The van der Waals surface area contributed by atoms with E-state index in [2.05, 4.69) is 30.3 Å². The summed E-state index contributed by atoms with van der Waals surface area (Å²) in [4.78, 5) is 2.63. The standard InChI is InChI=1S/C12H26N2S/c1-4-13-9-12-6-8-14(10-12)7-5-11(2)15-3/h11-13H,4-10H2,1-3H3. The molecule has 0 radical (unpaired) electrons. The van der Waals surface area contributed by atoms with Crippen molar-refractivity contribution >= 4 is 11.8 Å². The molecule has 1 saturated heterocycles. The zero-order valence-corrected chi connectivity index (χ0v) is 11.3. The highest BCUT2D eigenvalue weighted by Gasteiger charge is 2.21. The third kappa shape index (κ3) is 5.23. The fourth-order valence-electron chi connectivity index (χ4n) is 2.11. The Hall–Kier alpha value is 0.270. The van der Waals surface area contributed by atoms with Crippen LogP contribution in [-0.4, -0.2) is 49.1 Å². The molecule has 1 heterocycles. The van der Waals surface area contributed by atoms with Gasteiger partial charge in [-0.3, -0.25) is 0 Å². The van der Waals surface area contributed by atoms with Gasteiger partial charge in [0.2, 0.25) is 0 Å². The summed E-state index contributed by atoms with van der Waals surface area (Å²) in [5.74, 6) is 0.898. The summed E-state index contributed by atoms with van der Waals surface area (Å²) >= 11 is 1.98. The SMILES string of the molecule is CCNCC1CCN(CCC(C)SC)C1. The molecule has 1 aliphatic rings. The first kappa shape index (κ1) is 13.3. The lowest BCUT2D eigenvalue weighted by Crippen LogP contribution is -2.27. The molecule has 0 saturated carbocycles. The molecule has 1 aliphatic heterocycles. The number of nitrogens with one attached hydrogen (secondary N) is 1. The van der Waals surface area contributed by atoms with E-state index in [1.807, 2.05) is 11.8 Å². The summed E-state index contributed by atoms with van der Waals surface area (Å²) < 4.78 is 0. The van der Waals surface area contributed by atoms with E-state index < -0.39 is 0 Å². The summed E-state index contributed by atoms with van der Waals surface area (Å²) in [6.07, 6.45) is 4.94. The molecule has 3 heteroatoms. The van der Waals surface area contributed by atoms with Gasteiger partial charge in [-0.15, -0.1) is 0 Å². The summed E-state index contributed by atoms with van der Waals surface area (Å²) in [5, 5.41) is 4.27. The van der Waals surface area contributed by atoms with E-state index in [0.717, 1.165) is 17.7 Å². The Balaban J connectivity index is 2.08. The number of thioether (sulfide) groups is 1. The first-order chi connectivity index (χ1) is 7.26. The fourth-order valence-corrected chi connectivity index (χ4v) is 2.45. The second kappa shape index (κ2) is 7.53. The van der Waals surface area contributed by atoms with Crippen LogP contribution in [0.3, 0.4) is 0 Å². The van der Waals surface area contributed by atoms with Gasteiger partial charge < -0.3 is 10.2 Å². The molecule has 0 spiro atoms. The molecule has 90 valence electrons. The monoisotopic (exact) mass is 230 g/mol. The second-order valence-electron chi connectivity index (χ2n) is 4.60. The Labute approximate surface area is 99.2 Å². The molecule has 1 N–H and O–H groups in total. The van der Waals surface area contributed by atoms with Gasteiger partial charge in [-0.1, -0.05) is 13.8 Å². The number of hydrogen-bond acceptors (Lipinski definition) is 3. The maximum Gasteiger partial charge on any atom is 0.00281 e. The molecule has 0 bridgehead atoms. The summed E-state index contributed by atoms with van der Waals surface area (Å²) in [6.45, 7) is 10.8. The normalized spacial score (nSPS) is 24.6. The van der Waals surface area contributed by atoms with E-state index in [0.29, 0.717) is 0 Å². The van der Waals surface area contributed by atoms with Crippen molar-refractivity contribution in [1.29, 1.82) is 0 Å². The zero-order valence-electron chi connectivity index (χ0n) is 10.5. The smallest absolute Gasteiger partial charge is 0.00281 e. The molecule has 2 unspecified atom stereocenters. The lowest BCUT2D eigenvalue weighted by Gasteiger charge is -2.18. The minimum absolute atomic E-state index is 0.817.